The SMILES string of the molecule is O=S(=O)(Nc1cc(Cl)ccc1O)c1cc(Cl)cc(Cl)c1. The second kappa shape index (κ2) is 5.69. The quantitative estimate of drug-likeness (QED) is 0.815. The number of hydrogen-bond acceptors (Lipinski definition) is 3. The normalized spacial score (nSPS) is 11.3. The fourth-order valence-corrected chi connectivity index (χ4v) is 3.44. The molecule has 0 saturated heterocycles. The van der Waals surface area contributed by atoms with Gasteiger partial charge in [-0.05, 0) is 36.4 Å². The molecule has 0 amide bonds. The van der Waals surface area contributed by atoms with Crippen LogP contribution in [0, 0.1) is 0 Å². The minimum atomic E-state index is -3.94. The van der Waals surface area contributed by atoms with Gasteiger partial charge in [-0.3, -0.25) is 4.72 Å². The van der Waals surface area contributed by atoms with Crippen LogP contribution in [0.25, 0.3) is 0 Å². The molecule has 0 aliphatic heterocycles. The molecule has 0 aliphatic rings. The molecular weight excluding hydrogens is 345 g/mol. The molecule has 0 radical (unpaired) electrons. The average molecular weight is 353 g/mol. The van der Waals surface area contributed by atoms with Crippen LogP contribution < -0.4 is 4.72 Å². The van der Waals surface area contributed by atoms with Crippen molar-refractivity contribution < 1.29 is 13.5 Å². The van der Waals surface area contributed by atoms with Crippen LogP contribution in [0.4, 0.5) is 5.69 Å². The first kappa shape index (κ1) is 15.3. The third-order valence-electron chi connectivity index (χ3n) is 2.35. The van der Waals surface area contributed by atoms with Gasteiger partial charge >= 0.3 is 0 Å². The number of rotatable bonds is 3. The Labute approximate surface area is 131 Å². The fourth-order valence-electron chi connectivity index (χ4n) is 1.48. The monoisotopic (exact) mass is 351 g/mol. The summed E-state index contributed by atoms with van der Waals surface area (Å²) in [7, 11) is -3.94. The molecule has 4 nitrogen and oxygen atoms in total. The Kier molecular flexibility index (Phi) is 4.34. The standard InChI is InChI=1S/C12H8Cl3NO3S/c13-7-1-2-12(17)11(6-7)16-20(18,19)10-4-8(14)3-9(15)5-10/h1-6,16-17H. The largest absolute Gasteiger partial charge is 0.506 e. The maximum absolute atomic E-state index is 12.2. The molecular formula is C12H8Cl3NO3S. The van der Waals surface area contributed by atoms with E-state index in [1.54, 1.807) is 0 Å². The highest BCUT2D eigenvalue weighted by molar-refractivity contribution is 7.92. The van der Waals surface area contributed by atoms with E-state index in [-0.39, 0.29) is 31.4 Å². The maximum Gasteiger partial charge on any atom is 0.262 e. The number of benzene rings is 2. The molecule has 2 aromatic rings. The van der Waals surface area contributed by atoms with E-state index in [0.717, 1.165) is 0 Å². The maximum atomic E-state index is 12.2. The molecule has 106 valence electrons. The van der Waals surface area contributed by atoms with Gasteiger partial charge in [-0.25, -0.2) is 8.42 Å². The molecule has 0 atom stereocenters. The van der Waals surface area contributed by atoms with Crippen LogP contribution in [0.5, 0.6) is 5.75 Å². The van der Waals surface area contributed by atoms with Crippen molar-refractivity contribution in [3.05, 3.63) is 51.5 Å². The average Bonchev–Trinajstić information content (AvgIpc) is 2.32. The minimum absolute atomic E-state index is 0.0337. The predicted molar refractivity (Wildman–Crippen MR) is 80.4 cm³/mol. The summed E-state index contributed by atoms with van der Waals surface area (Å²) in [5.74, 6) is -0.244. The zero-order valence-corrected chi connectivity index (χ0v) is 12.9. The zero-order valence-electron chi connectivity index (χ0n) is 9.77. The van der Waals surface area contributed by atoms with Crippen LogP contribution in [0.2, 0.25) is 15.1 Å². The number of halogens is 3. The third-order valence-corrected chi connectivity index (χ3v) is 4.37. The van der Waals surface area contributed by atoms with Crippen LogP contribution >= 0.6 is 34.8 Å². The molecule has 8 heteroatoms. The Balaban J connectivity index is 2.43. The summed E-state index contributed by atoms with van der Waals surface area (Å²) in [6, 6.07) is 7.92. The Hall–Kier alpha value is -1.14. The third kappa shape index (κ3) is 3.49. The summed E-state index contributed by atoms with van der Waals surface area (Å²) in [4.78, 5) is -0.116. The summed E-state index contributed by atoms with van der Waals surface area (Å²) in [6.07, 6.45) is 0. The molecule has 0 heterocycles. The van der Waals surface area contributed by atoms with Gasteiger partial charge in [0.2, 0.25) is 0 Å². The van der Waals surface area contributed by atoms with E-state index in [1.807, 2.05) is 0 Å². The van der Waals surface area contributed by atoms with E-state index in [1.165, 1.54) is 36.4 Å². The van der Waals surface area contributed by atoms with Crippen LogP contribution in [0.1, 0.15) is 0 Å². The van der Waals surface area contributed by atoms with Gasteiger partial charge in [0.05, 0.1) is 10.6 Å². The second-order valence-electron chi connectivity index (χ2n) is 3.87. The zero-order chi connectivity index (χ0) is 14.9. The summed E-state index contributed by atoms with van der Waals surface area (Å²) in [5, 5.41) is 10.3. The molecule has 2 N–H and O–H groups in total. The van der Waals surface area contributed by atoms with Crippen molar-refractivity contribution in [2.24, 2.45) is 0 Å². The molecule has 0 spiro atoms. The van der Waals surface area contributed by atoms with Crippen molar-refractivity contribution in [2.75, 3.05) is 4.72 Å². The summed E-state index contributed by atoms with van der Waals surface area (Å²) in [5.41, 5.74) is -0.0337. The number of sulfonamides is 1. The van der Waals surface area contributed by atoms with Crippen LogP contribution in [0.15, 0.2) is 41.3 Å². The lowest BCUT2D eigenvalue weighted by atomic mass is 10.3. The molecule has 2 rings (SSSR count). The lowest BCUT2D eigenvalue weighted by molar-refractivity contribution is 0.477. The fraction of sp³-hybridized carbons (Fsp3) is 0. The Morgan fingerprint density at radius 1 is 0.900 bits per heavy atom. The van der Waals surface area contributed by atoms with Gasteiger partial charge in [0.25, 0.3) is 10.0 Å². The van der Waals surface area contributed by atoms with E-state index in [4.69, 9.17) is 34.8 Å². The molecule has 0 fully saturated rings. The molecule has 20 heavy (non-hydrogen) atoms. The van der Waals surface area contributed by atoms with Crippen molar-refractivity contribution in [3.8, 4) is 5.75 Å². The first-order valence-electron chi connectivity index (χ1n) is 5.25. The first-order valence-corrected chi connectivity index (χ1v) is 7.87. The van der Waals surface area contributed by atoms with E-state index >= 15 is 0 Å². The summed E-state index contributed by atoms with van der Waals surface area (Å²) in [6.45, 7) is 0. The van der Waals surface area contributed by atoms with E-state index < -0.39 is 10.0 Å². The van der Waals surface area contributed by atoms with Crippen molar-refractivity contribution in [1.29, 1.82) is 0 Å². The lowest BCUT2D eigenvalue weighted by Crippen LogP contribution is -2.13. The van der Waals surface area contributed by atoms with Gasteiger partial charge in [-0.15, -0.1) is 0 Å². The van der Waals surface area contributed by atoms with E-state index in [0.29, 0.717) is 0 Å². The van der Waals surface area contributed by atoms with Gasteiger partial charge < -0.3 is 5.11 Å². The Morgan fingerprint density at radius 3 is 2.10 bits per heavy atom. The first-order chi connectivity index (χ1) is 9.28. The van der Waals surface area contributed by atoms with E-state index in [2.05, 4.69) is 4.72 Å². The Morgan fingerprint density at radius 2 is 1.50 bits per heavy atom. The molecule has 0 saturated carbocycles. The number of phenols is 1. The lowest BCUT2D eigenvalue weighted by Gasteiger charge is -2.10. The minimum Gasteiger partial charge on any atom is -0.506 e. The number of nitrogens with one attached hydrogen (secondary N) is 1. The second-order valence-corrected chi connectivity index (χ2v) is 6.86. The molecule has 0 bridgehead atoms. The molecule has 2 aromatic carbocycles. The summed E-state index contributed by atoms with van der Waals surface area (Å²) < 4.78 is 26.6. The smallest absolute Gasteiger partial charge is 0.262 e. The predicted octanol–water partition coefficient (Wildman–Crippen LogP) is 4.15. The highest BCUT2D eigenvalue weighted by atomic mass is 35.5. The molecule has 0 unspecified atom stereocenters. The van der Waals surface area contributed by atoms with Gasteiger partial charge in [0.1, 0.15) is 5.75 Å². The Bertz CT molecular complexity index is 742. The van der Waals surface area contributed by atoms with Gasteiger partial charge in [0.15, 0.2) is 0 Å². The topological polar surface area (TPSA) is 66.4 Å². The van der Waals surface area contributed by atoms with Crippen LogP contribution in [-0.2, 0) is 10.0 Å². The van der Waals surface area contributed by atoms with Gasteiger partial charge in [-0.1, -0.05) is 34.8 Å². The summed E-state index contributed by atoms with van der Waals surface area (Å²) >= 11 is 17.3. The number of phenolic OH excluding ortho intramolecular Hbond substituents is 1. The number of hydrogen-bond donors (Lipinski definition) is 2. The molecule has 0 aromatic heterocycles. The van der Waals surface area contributed by atoms with Crippen molar-refractivity contribution in [2.45, 2.75) is 4.90 Å². The van der Waals surface area contributed by atoms with Gasteiger partial charge in [-0.2, -0.15) is 0 Å². The van der Waals surface area contributed by atoms with Gasteiger partial charge in [0, 0.05) is 15.1 Å². The van der Waals surface area contributed by atoms with Crippen LogP contribution in [0.3, 0.4) is 0 Å². The number of anilines is 1. The number of aromatic hydroxyl groups is 1. The van der Waals surface area contributed by atoms with E-state index in [9.17, 15) is 13.5 Å². The van der Waals surface area contributed by atoms with Crippen molar-refractivity contribution in [3.63, 3.8) is 0 Å². The molecule has 0 aliphatic carbocycles. The van der Waals surface area contributed by atoms with Crippen LogP contribution in [-0.4, -0.2) is 13.5 Å². The van der Waals surface area contributed by atoms with Crippen molar-refractivity contribution >= 4 is 50.5 Å². The highest BCUT2D eigenvalue weighted by Gasteiger charge is 2.17. The van der Waals surface area contributed by atoms with Crippen molar-refractivity contribution in [1.82, 2.24) is 0 Å². The highest BCUT2D eigenvalue weighted by Crippen LogP contribution is 2.30.